The predicted molar refractivity (Wildman–Crippen MR) is 78.8 cm³/mol. The number of hydrogen-bond donors (Lipinski definition) is 1. The highest BCUT2D eigenvalue weighted by atomic mass is 16.4. The molecular formula is C15H20N3O3. The van der Waals surface area contributed by atoms with Crippen LogP contribution in [0.1, 0.15) is 16.8 Å². The number of benzene rings is 1. The van der Waals surface area contributed by atoms with Gasteiger partial charge in [0.15, 0.2) is 0 Å². The first-order valence-corrected chi connectivity index (χ1v) is 7.09. The Morgan fingerprint density at radius 2 is 1.81 bits per heavy atom. The molecule has 0 spiro atoms. The van der Waals surface area contributed by atoms with Crippen molar-refractivity contribution in [3.05, 3.63) is 29.8 Å². The van der Waals surface area contributed by atoms with Gasteiger partial charge < -0.3 is 15.1 Å². The maximum Gasteiger partial charge on any atom is 0.386 e. The molecule has 0 bridgehead atoms. The zero-order chi connectivity index (χ0) is 15.2. The summed E-state index contributed by atoms with van der Waals surface area (Å²) < 4.78 is 0. The molecule has 1 fully saturated rings. The molecule has 1 aliphatic rings. The van der Waals surface area contributed by atoms with Crippen molar-refractivity contribution < 1.29 is 14.7 Å². The molecule has 0 saturated carbocycles. The second kappa shape index (κ2) is 7.19. The first kappa shape index (κ1) is 15.5. The highest BCUT2D eigenvalue weighted by Crippen LogP contribution is 2.15. The topological polar surface area (TPSA) is 72.6 Å². The van der Waals surface area contributed by atoms with Crippen molar-refractivity contribution in [1.82, 2.24) is 10.2 Å². The minimum Gasteiger partial charge on any atom is -0.315 e. The van der Waals surface area contributed by atoms with Crippen LogP contribution in [0, 0.1) is 0 Å². The Morgan fingerprint density at radius 3 is 2.38 bits per heavy atom. The van der Waals surface area contributed by atoms with Gasteiger partial charge in [-0.25, -0.2) is 9.90 Å². The Kier molecular flexibility index (Phi) is 5.30. The number of piperazine rings is 1. The van der Waals surface area contributed by atoms with Gasteiger partial charge in [-0.05, 0) is 24.3 Å². The molecule has 0 unspecified atom stereocenters. The van der Waals surface area contributed by atoms with E-state index in [1.54, 1.807) is 24.1 Å². The smallest absolute Gasteiger partial charge is 0.315 e. The van der Waals surface area contributed by atoms with Gasteiger partial charge >= 0.3 is 5.97 Å². The van der Waals surface area contributed by atoms with E-state index in [0.717, 1.165) is 32.7 Å². The highest BCUT2D eigenvalue weighted by molar-refractivity contribution is 5.94. The first-order valence-electron chi connectivity index (χ1n) is 7.09. The monoisotopic (exact) mass is 290 g/mol. The van der Waals surface area contributed by atoms with E-state index < -0.39 is 5.97 Å². The highest BCUT2D eigenvalue weighted by Gasteiger charge is 2.15. The minimum absolute atomic E-state index is 0.0229. The molecule has 1 aromatic rings. The van der Waals surface area contributed by atoms with Gasteiger partial charge in [0.1, 0.15) is 0 Å². The normalized spacial score (nSPS) is 15.7. The quantitative estimate of drug-likeness (QED) is 0.858. The molecular weight excluding hydrogens is 270 g/mol. The summed E-state index contributed by atoms with van der Waals surface area (Å²) in [6, 6.07) is 6.14. The molecule has 0 aliphatic carbocycles. The van der Waals surface area contributed by atoms with Crippen molar-refractivity contribution in [2.75, 3.05) is 44.7 Å². The van der Waals surface area contributed by atoms with Crippen molar-refractivity contribution in [2.24, 2.45) is 0 Å². The van der Waals surface area contributed by atoms with Crippen LogP contribution in [0.15, 0.2) is 24.3 Å². The van der Waals surface area contributed by atoms with Gasteiger partial charge in [-0.15, -0.1) is 0 Å². The van der Waals surface area contributed by atoms with E-state index in [4.69, 9.17) is 0 Å². The number of carbonyl (C=O) groups is 2. The Hall–Kier alpha value is -1.92. The number of hydrogen-bond acceptors (Lipinski definition) is 4. The van der Waals surface area contributed by atoms with Crippen molar-refractivity contribution >= 4 is 17.6 Å². The third-order valence-electron chi connectivity index (χ3n) is 3.72. The summed E-state index contributed by atoms with van der Waals surface area (Å²) in [6.45, 7) is 4.63. The van der Waals surface area contributed by atoms with E-state index in [1.807, 2.05) is 0 Å². The van der Waals surface area contributed by atoms with Crippen LogP contribution in [0.3, 0.4) is 0 Å². The van der Waals surface area contributed by atoms with Crippen molar-refractivity contribution in [3.63, 3.8) is 0 Å². The van der Waals surface area contributed by atoms with Crippen LogP contribution in [0.2, 0.25) is 0 Å². The summed E-state index contributed by atoms with van der Waals surface area (Å²) in [5.41, 5.74) is 0.797. The molecule has 6 nitrogen and oxygen atoms in total. The summed E-state index contributed by atoms with van der Waals surface area (Å²) >= 11 is 0. The Labute approximate surface area is 124 Å². The summed E-state index contributed by atoms with van der Waals surface area (Å²) in [6.07, 6.45) is 0.457. The number of nitrogens with zero attached hydrogens (tertiary/aromatic N) is 2. The van der Waals surface area contributed by atoms with E-state index in [0.29, 0.717) is 12.1 Å². The number of carbonyl (C=O) groups excluding carboxylic acids is 2. The Morgan fingerprint density at radius 1 is 1.19 bits per heavy atom. The summed E-state index contributed by atoms with van der Waals surface area (Å²) in [7, 11) is 1.70. The fourth-order valence-corrected chi connectivity index (χ4v) is 2.32. The van der Waals surface area contributed by atoms with E-state index in [2.05, 4.69) is 10.2 Å². The third-order valence-corrected chi connectivity index (χ3v) is 3.72. The van der Waals surface area contributed by atoms with Crippen LogP contribution in [-0.2, 0) is 9.90 Å². The lowest BCUT2D eigenvalue weighted by molar-refractivity contribution is -0.118. The van der Waals surface area contributed by atoms with Crippen molar-refractivity contribution in [1.29, 1.82) is 0 Å². The summed E-state index contributed by atoms with van der Waals surface area (Å²) in [5.74, 6) is -1.19. The molecule has 1 N–H and O–H groups in total. The Bertz CT molecular complexity index is 495. The SMILES string of the molecule is CN(C(=O)CCN1CCNCC1)c1ccc(C([O])=O)cc1. The predicted octanol–water partition coefficient (Wildman–Crippen LogP) is 0.515. The first-order chi connectivity index (χ1) is 10.1. The number of rotatable bonds is 5. The lowest BCUT2D eigenvalue weighted by Gasteiger charge is -2.27. The standard InChI is InChI=1S/C15H20N3O3/c1-17(13-4-2-12(3-5-13)15(20)21)14(19)6-9-18-10-7-16-8-11-18/h2-5,16H,6-11H2,1H3. The molecule has 1 aromatic carbocycles. The van der Waals surface area contributed by atoms with Gasteiger partial charge in [0.25, 0.3) is 0 Å². The maximum atomic E-state index is 12.2. The largest absolute Gasteiger partial charge is 0.386 e. The van der Waals surface area contributed by atoms with E-state index in [9.17, 15) is 14.7 Å². The lowest BCUT2D eigenvalue weighted by atomic mass is 10.2. The van der Waals surface area contributed by atoms with Crippen LogP contribution in [0.5, 0.6) is 0 Å². The second-order valence-corrected chi connectivity index (χ2v) is 5.13. The van der Waals surface area contributed by atoms with Crippen LogP contribution in [0.4, 0.5) is 5.69 Å². The zero-order valence-electron chi connectivity index (χ0n) is 12.2. The number of anilines is 1. The molecule has 6 heteroatoms. The van der Waals surface area contributed by atoms with E-state index >= 15 is 0 Å². The van der Waals surface area contributed by atoms with Gasteiger partial charge in [0.05, 0.1) is 5.56 Å². The molecule has 113 valence electrons. The molecule has 1 saturated heterocycles. The molecule has 0 atom stereocenters. The fraction of sp³-hybridized carbons (Fsp3) is 0.467. The number of amides is 1. The lowest BCUT2D eigenvalue weighted by Crippen LogP contribution is -2.44. The molecule has 1 amide bonds. The minimum atomic E-state index is -1.21. The summed E-state index contributed by atoms with van der Waals surface area (Å²) in [5, 5.41) is 14.0. The molecule has 21 heavy (non-hydrogen) atoms. The van der Waals surface area contributed by atoms with Gasteiger partial charge in [0.2, 0.25) is 5.91 Å². The molecule has 1 heterocycles. The molecule has 1 aliphatic heterocycles. The summed E-state index contributed by atoms with van der Waals surface area (Å²) in [4.78, 5) is 26.7. The molecule has 2 rings (SSSR count). The van der Waals surface area contributed by atoms with Crippen LogP contribution in [-0.4, -0.2) is 56.5 Å². The van der Waals surface area contributed by atoms with Crippen LogP contribution < -0.4 is 10.2 Å². The van der Waals surface area contributed by atoms with Crippen LogP contribution >= 0.6 is 0 Å². The molecule has 0 aromatic heterocycles. The molecule has 1 radical (unpaired) electrons. The van der Waals surface area contributed by atoms with Crippen LogP contribution in [0.25, 0.3) is 0 Å². The van der Waals surface area contributed by atoms with Crippen molar-refractivity contribution in [3.8, 4) is 0 Å². The average molecular weight is 290 g/mol. The van der Waals surface area contributed by atoms with Gasteiger partial charge in [0, 0.05) is 51.9 Å². The zero-order valence-corrected chi connectivity index (χ0v) is 12.2. The van der Waals surface area contributed by atoms with Gasteiger partial charge in [-0.2, -0.15) is 0 Å². The average Bonchev–Trinajstić information content (AvgIpc) is 2.53. The van der Waals surface area contributed by atoms with E-state index in [-0.39, 0.29) is 11.5 Å². The third kappa shape index (κ3) is 4.27. The number of nitrogens with one attached hydrogen (secondary N) is 1. The van der Waals surface area contributed by atoms with Gasteiger partial charge in [-0.1, -0.05) is 0 Å². The van der Waals surface area contributed by atoms with Crippen molar-refractivity contribution in [2.45, 2.75) is 6.42 Å². The Balaban J connectivity index is 1.87. The fourth-order valence-electron chi connectivity index (χ4n) is 2.32. The second-order valence-electron chi connectivity index (χ2n) is 5.13. The van der Waals surface area contributed by atoms with E-state index in [1.165, 1.54) is 12.1 Å². The van der Waals surface area contributed by atoms with Gasteiger partial charge in [-0.3, -0.25) is 4.79 Å². The maximum absolute atomic E-state index is 12.2.